The van der Waals surface area contributed by atoms with E-state index in [1.54, 1.807) is 25.3 Å². The molecule has 2 N–H and O–H groups in total. The van der Waals surface area contributed by atoms with Crippen molar-refractivity contribution in [2.24, 2.45) is 4.99 Å². The van der Waals surface area contributed by atoms with Crippen molar-refractivity contribution in [2.75, 3.05) is 19.7 Å². The molecule has 0 aliphatic heterocycles. The van der Waals surface area contributed by atoms with Gasteiger partial charge in [-0.2, -0.15) is 13.2 Å². The molecule has 5 nitrogen and oxygen atoms in total. The van der Waals surface area contributed by atoms with Crippen molar-refractivity contribution in [1.82, 2.24) is 15.6 Å². The molecule has 1 heterocycles. The van der Waals surface area contributed by atoms with Crippen LogP contribution in [0, 0.1) is 6.92 Å². The van der Waals surface area contributed by atoms with E-state index < -0.39 is 12.8 Å². The van der Waals surface area contributed by atoms with E-state index in [0.29, 0.717) is 24.6 Å². The minimum absolute atomic E-state index is 0.199. The van der Waals surface area contributed by atoms with Crippen LogP contribution in [0.25, 0.3) is 0 Å². The van der Waals surface area contributed by atoms with Crippen LogP contribution in [0.2, 0.25) is 0 Å². The molecule has 8 heteroatoms. The van der Waals surface area contributed by atoms with Crippen molar-refractivity contribution in [3.63, 3.8) is 0 Å². The smallest absolute Gasteiger partial charge is 0.422 e. The Kier molecular flexibility index (Phi) is 8.10. The monoisotopic (exact) mass is 394 g/mol. The molecule has 1 aromatic carbocycles. The Bertz CT molecular complexity index is 764. The third-order valence-electron chi connectivity index (χ3n) is 3.77. The van der Waals surface area contributed by atoms with Gasteiger partial charge in [-0.25, -0.2) is 4.99 Å². The molecule has 152 valence electrons. The minimum Gasteiger partial charge on any atom is -0.484 e. The van der Waals surface area contributed by atoms with Gasteiger partial charge in [0.1, 0.15) is 5.75 Å². The van der Waals surface area contributed by atoms with Crippen LogP contribution in [0.1, 0.15) is 23.7 Å². The number of ether oxygens (including phenoxy) is 1. The number of aliphatic imine (C=N–C) groups is 1. The second kappa shape index (κ2) is 10.5. The molecule has 0 aliphatic carbocycles. The molecule has 2 rings (SSSR count). The van der Waals surface area contributed by atoms with E-state index in [0.717, 1.165) is 17.7 Å². The summed E-state index contributed by atoms with van der Waals surface area (Å²) in [7, 11) is 0. The first-order valence-corrected chi connectivity index (χ1v) is 9.08. The summed E-state index contributed by atoms with van der Waals surface area (Å²) in [6.45, 7) is 3.92. The number of nitrogens with one attached hydrogen (secondary N) is 2. The minimum atomic E-state index is -4.38. The quantitative estimate of drug-likeness (QED) is 0.530. The molecule has 0 atom stereocenters. The number of aromatic nitrogens is 1. The lowest BCUT2D eigenvalue weighted by Gasteiger charge is -2.14. The fourth-order valence-electron chi connectivity index (χ4n) is 2.45. The van der Waals surface area contributed by atoms with Crippen LogP contribution in [0.3, 0.4) is 0 Å². The largest absolute Gasteiger partial charge is 0.484 e. The van der Waals surface area contributed by atoms with Crippen LogP contribution in [0.5, 0.6) is 5.75 Å². The van der Waals surface area contributed by atoms with Gasteiger partial charge in [0.05, 0.1) is 6.54 Å². The van der Waals surface area contributed by atoms with Crippen LogP contribution in [0.4, 0.5) is 13.2 Å². The highest BCUT2D eigenvalue weighted by atomic mass is 19.4. The van der Waals surface area contributed by atoms with E-state index in [4.69, 9.17) is 4.74 Å². The van der Waals surface area contributed by atoms with Crippen molar-refractivity contribution in [2.45, 2.75) is 33.0 Å². The van der Waals surface area contributed by atoms with Crippen LogP contribution >= 0.6 is 0 Å². The van der Waals surface area contributed by atoms with Crippen molar-refractivity contribution >= 4 is 5.96 Å². The fourth-order valence-corrected chi connectivity index (χ4v) is 2.45. The highest BCUT2D eigenvalue weighted by molar-refractivity contribution is 5.79. The molecule has 2 aromatic rings. The molecule has 0 radical (unpaired) electrons. The van der Waals surface area contributed by atoms with Gasteiger partial charge in [0.25, 0.3) is 0 Å². The Morgan fingerprint density at radius 2 is 2.00 bits per heavy atom. The molecule has 0 saturated carbocycles. The zero-order chi connectivity index (χ0) is 20.4. The Morgan fingerprint density at radius 3 is 2.68 bits per heavy atom. The van der Waals surface area contributed by atoms with Gasteiger partial charge in [-0.3, -0.25) is 4.98 Å². The Balaban J connectivity index is 2.00. The Hall–Kier alpha value is -2.77. The van der Waals surface area contributed by atoms with Crippen LogP contribution < -0.4 is 15.4 Å². The number of alkyl halides is 3. The first-order valence-electron chi connectivity index (χ1n) is 9.08. The van der Waals surface area contributed by atoms with Crippen LogP contribution in [0.15, 0.2) is 47.6 Å². The molecule has 0 fully saturated rings. The Morgan fingerprint density at radius 1 is 1.18 bits per heavy atom. The summed E-state index contributed by atoms with van der Waals surface area (Å²) in [5.74, 6) is 0.784. The number of hydrogen-bond donors (Lipinski definition) is 2. The van der Waals surface area contributed by atoms with Gasteiger partial charge in [0.2, 0.25) is 0 Å². The van der Waals surface area contributed by atoms with E-state index in [2.05, 4.69) is 20.6 Å². The predicted octanol–water partition coefficient (Wildman–Crippen LogP) is 3.63. The second-order valence-electron chi connectivity index (χ2n) is 6.21. The van der Waals surface area contributed by atoms with Gasteiger partial charge in [-0.05, 0) is 37.6 Å². The lowest BCUT2D eigenvalue weighted by atomic mass is 10.1. The number of aryl methyl sites for hydroxylation is 1. The molecule has 0 bridgehead atoms. The topological polar surface area (TPSA) is 58.5 Å². The molecule has 0 saturated heterocycles. The number of guanidine groups is 1. The predicted molar refractivity (Wildman–Crippen MR) is 103 cm³/mol. The van der Waals surface area contributed by atoms with Gasteiger partial charge >= 0.3 is 6.18 Å². The van der Waals surface area contributed by atoms with Crippen LogP contribution in [-0.2, 0) is 13.0 Å². The standard InChI is InChI=1S/C20H25F3N4O/c1-3-24-19(26-11-9-17-6-4-5-10-25-17)27-13-16-8-7-15(2)12-18(16)28-14-20(21,22)23/h4-8,10,12H,3,9,11,13-14H2,1-2H3,(H2,24,26,27). The average Bonchev–Trinajstić information content (AvgIpc) is 2.65. The van der Waals surface area contributed by atoms with E-state index in [1.165, 1.54) is 0 Å². The SMILES string of the molecule is CCNC(=NCc1ccc(C)cc1OCC(F)(F)F)NCCc1ccccn1. The maximum absolute atomic E-state index is 12.5. The zero-order valence-electron chi connectivity index (χ0n) is 16.0. The maximum atomic E-state index is 12.5. The molecule has 28 heavy (non-hydrogen) atoms. The second-order valence-corrected chi connectivity index (χ2v) is 6.21. The lowest BCUT2D eigenvalue weighted by Crippen LogP contribution is -2.38. The van der Waals surface area contributed by atoms with Gasteiger partial charge < -0.3 is 15.4 Å². The van der Waals surface area contributed by atoms with Gasteiger partial charge in [-0.1, -0.05) is 18.2 Å². The van der Waals surface area contributed by atoms with E-state index >= 15 is 0 Å². The number of rotatable bonds is 8. The van der Waals surface area contributed by atoms with E-state index in [1.807, 2.05) is 31.2 Å². The average molecular weight is 394 g/mol. The summed E-state index contributed by atoms with van der Waals surface area (Å²) in [5, 5.41) is 6.33. The number of nitrogens with zero attached hydrogens (tertiary/aromatic N) is 2. The summed E-state index contributed by atoms with van der Waals surface area (Å²) in [5.41, 5.74) is 2.38. The van der Waals surface area contributed by atoms with Crippen LogP contribution in [-0.4, -0.2) is 36.8 Å². The molecular weight excluding hydrogens is 369 g/mol. The van der Waals surface area contributed by atoms with E-state index in [-0.39, 0.29) is 12.3 Å². The molecular formula is C20H25F3N4O. The molecule has 0 aliphatic rings. The molecule has 0 unspecified atom stereocenters. The number of benzene rings is 1. The van der Waals surface area contributed by atoms with Gasteiger partial charge in [0, 0.05) is 37.0 Å². The highest BCUT2D eigenvalue weighted by Crippen LogP contribution is 2.24. The first kappa shape index (κ1) is 21.5. The van der Waals surface area contributed by atoms with Crippen molar-refractivity contribution in [1.29, 1.82) is 0 Å². The molecule has 1 aromatic heterocycles. The van der Waals surface area contributed by atoms with E-state index in [9.17, 15) is 13.2 Å². The fraction of sp³-hybridized carbons (Fsp3) is 0.400. The summed E-state index contributed by atoms with van der Waals surface area (Å²) in [4.78, 5) is 8.73. The van der Waals surface area contributed by atoms with Gasteiger partial charge in [0.15, 0.2) is 12.6 Å². The lowest BCUT2D eigenvalue weighted by molar-refractivity contribution is -0.153. The van der Waals surface area contributed by atoms with Gasteiger partial charge in [-0.15, -0.1) is 0 Å². The first-order chi connectivity index (χ1) is 13.4. The van der Waals surface area contributed by atoms with Crippen molar-refractivity contribution in [3.8, 4) is 5.75 Å². The normalized spacial score (nSPS) is 12.0. The summed E-state index contributed by atoms with van der Waals surface area (Å²) < 4.78 is 42.4. The number of pyridine rings is 1. The highest BCUT2D eigenvalue weighted by Gasteiger charge is 2.28. The van der Waals surface area contributed by atoms with Crippen molar-refractivity contribution in [3.05, 3.63) is 59.4 Å². The van der Waals surface area contributed by atoms with Crippen molar-refractivity contribution < 1.29 is 17.9 Å². The molecule has 0 amide bonds. The third-order valence-corrected chi connectivity index (χ3v) is 3.77. The summed E-state index contributed by atoms with van der Waals surface area (Å²) in [6.07, 6.45) is -1.91. The number of halogens is 3. The maximum Gasteiger partial charge on any atom is 0.422 e. The number of hydrogen-bond acceptors (Lipinski definition) is 3. The third kappa shape index (κ3) is 7.85. The Labute approximate surface area is 163 Å². The summed E-state index contributed by atoms with van der Waals surface area (Å²) >= 11 is 0. The summed E-state index contributed by atoms with van der Waals surface area (Å²) in [6, 6.07) is 10.9. The zero-order valence-corrected chi connectivity index (χ0v) is 16.0. The molecule has 0 spiro atoms.